The summed E-state index contributed by atoms with van der Waals surface area (Å²) in [5.41, 5.74) is 0. The van der Waals surface area contributed by atoms with Crippen LogP contribution in [-0.4, -0.2) is 66.5 Å². The van der Waals surface area contributed by atoms with Crippen LogP contribution in [0.5, 0.6) is 0 Å². The minimum Gasteiger partial charge on any atom is -0.462 e. The molecule has 0 aliphatic carbocycles. The Bertz CT molecular complexity index is 1460. The molecule has 0 aromatic rings. The van der Waals surface area contributed by atoms with Gasteiger partial charge in [0, 0.05) is 19.3 Å². The summed E-state index contributed by atoms with van der Waals surface area (Å²) in [5.74, 6) is -1.46. The number of unbranched alkanes of at least 4 members (excludes halogenated alkanes) is 34. The van der Waals surface area contributed by atoms with Crippen LogP contribution >= 0.6 is 7.82 Å². The molecule has 76 heavy (non-hydrogen) atoms. The third-order valence-corrected chi connectivity index (χ3v) is 14.7. The zero-order chi connectivity index (χ0) is 55.5. The largest absolute Gasteiger partial charge is 0.472 e. The second kappa shape index (κ2) is 58.6. The Morgan fingerprint density at radius 3 is 1.05 bits per heavy atom. The van der Waals surface area contributed by atoms with E-state index in [1.165, 1.54) is 141 Å². The smallest absolute Gasteiger partial charge is 0.462 e. The fourth-order valence-electron chi connectivity index (χ4n) is 9.00. The molecule has 0 saturated heterocycles. The van der Waals surface area contributed by atoms with Crippen molar-refractivity contribution in [2.75, 3.05) is 26.4 Å². The number of phosphoric ester groups is 1. The molecule has 3 atom stereocenters. The molecule has 0 fully saturated rings. The van der Waals surface area contributed by atoms with Crippen molar-refractivity contribution in [2.45, 2.75) is 315 Å². The number of rotatable bonds is 59. The maximum atomic E-state index is 12.9. The van der Waals surface area contributed by atoms with Crippen LogP contribution in [0.15, 0.2) is 48.6 Å². The number of esters is 3. The number of hydrogen-bond donors (Lipinski definition) is 2. The van der Waals surface area contributed by atoms with Crippen molar-refractivity contribution in [2.24, 2.45) is 0 Å². The molecule has 0 heterocycles. The molecule has 3 unspecified atom stereocenters. The normalized spacial score (nSPS) is 13.6. The maximum absolute atomic E-state index is 12.9. The molecule has 11 nitrogen and oxygen atoms in total. The third kappa shape index (κ3) is 56.2. The molecule has 0 aliphatic heterocycles. The highest BCUT2D eigenvalue weighted by Gasteiger charge is 2.28. The van der Waals surface area contributed by atoms with Gasteiger partial charge in [-0.25, -0.2) is 4.57 Å². The van der Waals surface area contributed by atoms with E-state index in [1.807, 2.05) is 0 Å². The Hall–Kier alpha value is -2.56. The fraction of sp³-hybridized carbons (Fsp3) is 0.828. The van der Waals surface area contributed by atoms with E-state index < -0.39 is 57.8 Å². The van der Waals surface area contributed by atoms with Crippen molar-refractivity contribution < 1.29 is 52.2 Å². The van der Waals surface area contributed by atoms with Gasteiger partial charge in [-0.3, -0.25) is 23.4 Å². The lowest BCUT2D eigenvalue weighted by Gasteiger charge is -2.21. The van der Waals surface area contributed by atoms with Crippen molar-refractivity contribution >= 4 is 25.7 Å². The van der Waals surface area contributed by atoms with Gasteiger partial charge in [0.25, 0.3) is 0 Å². The lowest BCUT2D eigenvalue weighted by atomic mass is 10.0. The first-order valence-corrected chi connectivity index (χ1v) is 33.0. The average Bonchev–Trinajstić information content (AvgIpc) is 3.41. The highest BCUT2D eigenvalue weighted by Crippen LogP contribution is 2.43. The molecule has 0 rings (SSSR count). The summed E-state index contributed by atoms with van der Waals surface area (Å²) in [6.45, 7) is 4.57. The van der Waals surface area contributed by atoms with E-state index in [-0.39, 0.29) is 25.9 Å². The monoisotopic (exact) mass is 1090 g/mol. The first-order valence-electron chi connectivity index (χ1n) is 31.5. The highest BCUT2D eigenvalue weighted by molar-refractivity contribution is 7.47. The van der Waals surface area contributed by atoms with Crippen LogP contribution in [0.25, 0.3) is 0 Å². The van der Waals surface area contributed by atoms with E-state index in [1.54, 1.807) is 0 Å². The Morgan fingerprint density at radius 2 is 0.684 bits per heavy atom. The number of aliphatic hydroxyl groups is 1. The molecule has 0 amide bonds. The molecule has 0 saturated carbocycles. The highest BCUT2D eigenvalue weighted by atomic mass is 31.2. The molecule has 0 aromatic heterocycles. The van der Waals surface area contributed by atoms with Gasteiger partial charge in [0.2, 0.25) is 0 Å². The zero-order valence-electron chi connectivity index (χ0n) is 49.2. The summed E-state index contributed by atoms with van der Waals surface area (Å²) < 4.78 is 39.6. The number of phosphoric acid groups is 1. The lowest BCUT2D eigenvalue weighted by molar-refractivity contribution is -0.161. The molecule has 12 heteroatoms. The summed E-state index contributed by atoms with van der Waals surface area (Å²) in [5, 5.41) is 9.82. The van der Waals surface area contributed by atoms with Crippen molar-refractivity contribution in [3.8, 4) is 0 Å². The molecular formula is C64H117O11P. The van der Waals surface area contributed by atoms with E-state index in [0.29, 0.717) is 19.3 Å². The molecule has 0 aliphatic rings. The van der Waals surface area contributed by atoms with Crippen LogP contribution in [0.4, 0.5) is 0 Å². The lowest BCUT2D eigenvalue weighted by Crippen LogP contribution is -2.30. The van der Waals surface area contributed by atoms with Crippen LogP contribution < -0.4 is 0 Å². The summed E-state index contributed by atoms with van der Waals surface area (Å²) in [6, 6.07) is 0. The predicted octanol–water partition coefficient (Wildman–Crippen LogP) is 18.9. The number of ether oxygens (including phenoxy) is 3. The van der Waals surface area contributed by atoms with Crippen LogP contribution in [0.1, 0.15) is 303 Å². The molecule has 0 aromatic carbocycles. The number of hydrogen-bond acceptors (Lipinski definition) is 10. The fourth-order valence-corrected chi connectivity index (χ4v) is 9.78. The summed E-state index contributed by atoms with van der Waals surface area (Å²) in [4.78, 5) is 48.6. The van der Waals surface area contributed by atoms with Crippen LogP contribution in [0.2, 0.25) is 0 Å². The first kappa shape index (κ1) is 73.4. The maximum Gasteiger partial charge on any atom is 0.472 e. The summed E-state index contributed by atoms with van der Waals surface area (Å²) >= 11 is 0. The molecule has 444 valence electrons. The number of allylic oxidation sites excluding steroid dienone is 8. The van der Waals surface area contributed by atoms with E-state index in [0.717, 1.165) is 103 Å². The number of aliphatic hydroxyl groups excluding tert-OH is 1. The van der Waals surface area contributed by atoms with Gasteiger partial charge in [-0.05, 0) is 57.8 Å². The van der Waals surface area contributed by atoms with Gasteiger partial charge in [0.15, 0.2) is 6.10 Å². The van der Waals surface area contributed by atoms with Crippen LogP contribution in [-0.2, 0) is 42.2 Å². The Balaban J connectivity index is 4.69. The van der Waals surface area contributed by atoms with Gasteiger partial charge < -0.3 is 24.2 Å². The van der Waals surface area contributed by atoms with Gasteiger partial charge in [-0.2, -0.15) is 0 Å². The van der Waals surface area contributed by atoms with E-state index in [9.17, 15) is 28.9 Å². The second-order valence-electron chi connectivity index (χ2n) is 21.2. The molecule has 2 N–H and O–H groups in total. The average molecular weight is 1090 g/mol. The standard InChI is InChI=1S/C64H117O11P/c1-4-7-10-13-16-19-22-24-26-28-30-32-34-36-39-41-44-47-50-53-62(66)71-57-61(75-64(68)55-52-49-46-43-40-37-35-33-31-29-27-25-23-20-17-14-11-8-5-2)59-73-76(69,70)72-58-60(56-65)74-63(67)54-51-48-45-42-38-21-18-15-12-9-6-3/h7,10,16,19,24,26,30,32,60-61,65H,4-6,8-9,11-15,17-18,20-23,25,27-29,31,33-59H2,1-3H3,(H,69,70)/b10-7-,19-16-,26-24-,32-30-. The molecule has 0 spiro atoms. The first-order chi connectivity index (χ1) is 37.2. The number of carbonyl (C=O) groups is 3. The van der Waals surface area contributed by atoms with Crippen molar-refractivity contribution in [3.63, 3.8) is 0 Å². The molecule has 0 radical (unpaired) electrons. The van der Waals surface area contributed by atoms with Crippen LogP contribution in [0.3, 0.4) is 0 Å². The van der Waals surface area contributed by atoms with E-state index in [4.69, 9.17) is 23.3 Å². The van der Waals surface area contributed by atoms with E-state index in [2.05, 4.69) is 69.4 Å². The van der Waals surface area contributed by atoms with Gasteiger partial charge >= 0.3 is 25.7 Å². The van der Waals surface area contributed by atoms with Crippen molar-refractivity contribution in [3.05, 3.63) is 48.6 Å². The van der Waals surface area contributed by atoms with Gasteiger partial charge in [-0.1, -0.05) is 275 Å². The minimum atomic E-state index is -4.75. The number of carbonyl (C=O) groups excluding carboxylic acids is 3. The zero-order valence-corrected chi connectivity index (χ0v) is 50.1. The Morgan fingerprint density at radius 1 is 0.382 bits per heavy atom. The molecule has 0 bridgehead atoms. The minimum absolute atomic E-state index is 0.169. The Labute approximate surface area is 466 Å². The second-order valence-corrected chi connectivity index (χ2v) is 22.7. The van der Waals surface area contributed by atoms with Crippen molar-refractivity contribution in [1.82, 2.24) is 0 Å². The van der Waals surface area contributed by atoms with Gasteiger partial charge in [0.1, 0.15) is 12.7 Å². The third-order valence-electron chi connectivity index (χ3n) is 13.8. The summed E-state index contributed by atoms with van der Waals surface area (Å²) in [7, 11) is -4.75. The molecular weight excluding hydrogens is 976 g/mol. The van der Waals surface area contributed by atoms with Gasteiger partial charge in [0.05, 0.1) is 19.8 Å². The SMILES string of the molecule is CC/C=C\C/C=C\C/C=C\C/C=C\CCCCCCCCC(=O)OCC(COP(=O)(O)OCC(CO)OC(=O)CCCCCCCCCCCCC)OC(=O)CCCCCCCCCCCCCCCCCCCCC. The van der Waals surface area contributed by atoms with Gasteiger partial charge in [-0.15, -0.1) is 0 Å². The van der Waals surface area contributed by atoms with E-state index >= 15 is 0 Å². The Kier molecular flexibility index (Phi) is 56.6. The topological polar surface area (TPSA) is 155 Å². The summed E-state index contributed by atoms with van der Waals surface area (Å²) in [6.07, 6.45) is 63.5. The predicted molar refractivity (Wildman–Crippen MR) is 316 cm³/mol. The van der Waals surface area contributed by atoms with Crippen LogP contribution in [0, 0.1) is 0 Å². The quantitative estimate of drug-likeness (QED) is 0.0197. The van der Waals surface area contributed by atoms with Crippen molar-refractivity contribution in [1.29, 1.82) is 0 Å².